The maximum absolute atomic E-state index is 12.6. The van der Waals surface area contributed by atoms with Gasteiger partial charge in [-0.15, -0.1) is 0 Å². The molecular weight excluding hydrogens is 269 g/mol. The van der Waals surface area contributed by atoms with Crippen molar-refractivity contribution in [1.29, 1.82) is 0 Å². The lowest BCUT2D eigenvalue weighted by Crippen LogP contribution is -2.12. The van der Waals surface area contributed by atoms with Crippen LogP contribution in [0.2, 0.25) is 0 Å². The Hall–Kier alpha value is -1.75. The second kappa shape index (κ2) is 6.13. The highest BCUT2D eigenvalue weighted by molar-refractivity contribution is 5.26. The fourth-order valence-corrected chi connectivity index (χ4v) is 2.01. The first-order chi connectivity index (χ1) is 9.45. The lowest BCUT2D eigenvalue weighted by molar-refractivity contribution is -0.137. The van der Waals surface area contributed by atoms with Gasteiger partial charge in [-0.25, -0.2) is 0 Å². The Kier molecular flexibility index (Phi) is 4.49. The van der Waals surface area contributed by atoms with Gasteiger partial charge in [-0.1, -0.05) is 18.2 Å². The summed E-state index contributed by atoms with van der Waals surface area (Å²) >= 11 is 0. The Morgan fingerprint density at radius 2 is 1.95 bits per heavy atom. The number of aliphatic hydroxyl groups is 1. The number of rotatable bonds is 5. The topological polar surface area (TPSA) is 33.4 Å². The van der Waals surface area contributed by atoms with Crippen LogP contribution >= 0.6 is 0 Å². The summed E-state index contributed by atoms with van der Waals surface area (Å²) in [6.45, 7) is 0. The van der Waals surface area contributed by atoms with E-state index in [1.165, 1.54) is 6.07 Å². The van der Waals surface area contributed by atoms with Crippen molar-refractivity contribution < 1.29 is 22.7 Å². The SMILES string of the molecule is OC(CCc1ccco1)Cc1cccc(C(F)(F)F)c1. The van der Waals surface area contributed by atoms with Gasteiger partial charge in [0.05, 0.1) is 17.9 Å². The van der Waals surface area contributed by atoms with E-state index in [9.17, 15) is 18.3 Å². The summed E-state index contributed by atoms with van der Waals surface area (Å²) < 4.78 is 42.8. The van der Waals surface area contributed by atoms with Crippen molar-refractivity contribution >= 4 is 0 Å². The number of furan rings is 1. The zero-order valence-electron chi connectivity index (χ0n) is 10.7. The van der Waals surface area contributed by atoms with E-state index < -0.39 is 17.8 Å². The molecule has 0 fully saturated rings. The summed E-state index contributed by atoms with van der Waals surface area (Å²) in [5.74, 6) is 0.757. The van der Waals surface area contributed by atoms with Crippen LogP contribution in [0, 0.1) is 0 Å². The quantitative estimate of drug-likeness (QED) is 0.905. The number of aliphatic hydroxyl groups excluding tert-OH is 1. The van der Waals surface area contributed by atoms with Gasteiger partial charge >= 0.3 is 6.18 Å². The number of halogens is 3. The lowest BCUT2D eigenvalue weighted by Gasteiger charge is -2.12. The Bertz CT molecular complexity index is 532. The molecule has 2 rings (SSSR count). The van der Waals surface area contributed by atoms with Gasteiger partial charge in [-0.2, -0.15) is 13.2 Å². The molecule has 0 spiro atoms. The second-order valence-corrected chi connectivity index (χ2v) is 4.67. The van der Waals surface area contributed by atoms with Crippen LogP contribution in [0.1, 0.15) is 23.3 Å². The minimum atomic E-state index is -4.35. The number of alkyl halides is 3. The van der Waals surface area contributed by atoms with E-state index in [1.54, 1.807) is 24.5 Å². The number of aryl methyl sites for hydroxylation is 1. The molecule has 5 heteroatoms. The average Bonchev–Trinajstić information content (AvgIpc) is 2.89. The summed E-state index contributed by atoms with van der Waals surface area (Å²) in [5, 5.41) is 9.87. The van der Waals surface area contributed by atoms with Crippen molar-refractivity contribution in [2.45, 2.75) is 31.5 Å². The molecule has 0 bridgehead atoms. The molecule has 1 N–H and O–H groups in total. The highest BCUT2D eigenvalue weighted by Crippen LogP contribution is 2.29. The van der Waals surface area contributed by atoms with Crippen molar-refractivity contribution in [1.82, 2.24) is 0 Å². The third-order valence-corrected chi connectivity index (χ3v) is 3.03. The molecule has 1 atom stereocenters. The Labute approximate surface area is 114 Å². The zero-order valence-corrected chi connectivity index (χ0v) is 10.7. The van der Waals surface area contributed by atoms with Gasteiger partial charge in [-0.3, -0.25) is 0 Å². The van der Waals surface area contributed by atoms with Crippen LogP contribution in [0.4, 0.5) is 13.2 Å². The van der Waals surface area contributed by atoms with Crippen LogP contribution in [0.3, 0.4) is 0 Å². The minimum absolute atomic E-state index is 0.199. The molecule has 1 aromatic heterocycles. The van der Waals surface area contributed by atoms with Gasteiger partial charge in [0.25, 0.3) is 0 Å². The Morgan fingerprint density at radius 3 is 2.60 bits per heavy atom. The normalized spacial score (nSPS) is 13.4. The first kappa shape index (κ1) is 14.7. The standard InChI is InChI=1S/C15H15F3O2/c16-15(17,18)12-4-1-3-11(9-12)10-13(19)6-7-14-5-2-8-20-14/h1-5,8-9,13,19H,6-7,10H2. The molecule has 0 aliphatic carbocycles. The van der Waals surface area contributed by atoms with Crippen molar-refractivity contribution in [3.8, 4) is 0 Å². The summed E-state index contributed by atoms with van der Waals surface area (Å²) in [5.41, 5.74) is -0.208. The maximum atomic E-state index is 12.6. The van der Waals surface area contributed by atoms with Crippen LogP contribution in [0.15, 0.2) is 47.1 Å². The summed E-state index contributed by atoms with van der Waals surface area (Å²) in [6.07, 6.45) is -2.28. The Balaban J connectivity index is 1.92. The molecule has 0 saturated heterocycles. The third kappa shape index (κ3) is 4.13. The van der Waals surface area contributed by atoms with Crippen molar-refractivity contribution in [3.63, 3.8) is 0 Å². The monoisotopic (exact) mass is 284 g/mol. The molecule has 1 aromatic carbocycles. The predicted molar refractivity (Wildman–Crippen MR) is 68.2 cm³/mol. The summed E-state index contributed by atoms with van der Waals surface area (Å²) in [4.78, 5) is 0. The molecule has 20 heavy (non-hydrogen) atoms. The third-order valence-electron chi connectivity index (χ3n) is 3.03. The molecule has 1 unspecified atom stereocenters. The first-order valence-electron chi connectivity index (χ1n) is 6.32. The largest absolute Gasteiger partial charge is 0.469 e. The van der Waals surface area contributed by atoms with Gasteiger partial charge < -0.3 is 9.52 Å². The van der Waals surface area contributed by atoms with Gasteiger partial charge in [0.1, 0.15) is 5.76 Å². The highest BCUT2D eigenvalue weighted by Gasteiger charge is 2.30. The van der Waals surface area contributed by atoms with Crippen LogP contribution < -0.4 is 0 Å². The predicted octanol–water partition coefficient (Wildman–Crippen LogP) is 3.83. The molecule has 1 heterocycles. The summed E-state index contributed by atoms with van der Waals surface area (Å²) in [7, 11) is 0. The van der Waals surface area contributed by atoms with E-state index in [-0.39, 0.29) is 6.42 Å². The lowest BCUT2D eigenvalue weighted by atomic mass is 10.0. The smallest absolute Gasteiger partial charge is 0.416 e. The average molecular weight is 284 g/mol. The highest BCUT2D eigenvalue weighted by atomic mass is 19.4. The maximum Gasteiger partial charge on any atom is 0.416 e. The van der Waals surface area contributed by atoms with Crippen molar-refractivity contribution in [2.24, 2.45) is 0 Å². The van der Waals surface area contributed by atoms with Gasteiger partial charge in [-0.05, 0) is 36.6 Å². The molecule has 0 aliphatic heterocycles. The fourth-order valence-electron chi connectivity index (χ4n) is 2.01. The van der Waals surface area contributed by atoms with Crippen molar-refractivity contribution in [3.05, 3.63) is 59.5 Å². The van der Waals surface area contributed by atoms with Crippen LogP contribution in [0.25, 0.3) is 0 Å². The molecule has 0 saturated carbocycles. The number of hydrogen-bond donors (Lipinski definition) is 1. The van der Waals surface area contributed by atoms with Crippen LogP contribution in [-0.4, -0.2) is 11.2 Å². The Morgan fingerprint density at radius 1 is 1.15 bits per heavy atom. The van der Waals surface area contributed by atoms with E-state index in [0.29, 0.717) is 18.4 Å². The number of hydrogen-bond acceptors (Lipinski definition) is 2. The second-order valence-electron chi connectivity index (χ2n) is 4.67. The van der Waals surface area contributed by atoms with E-state index >= 15 is 0 Å². The van der Waals surface area contributed by atoms with E-state index in [0.717, 1.165) is 17.9 Å². The molecule has 0 aliphatic rings. The molecule has 0 radical (unpaired) electrons. The molecule has 108 valence electrons. The molecule has 0 amide bonds. The minimum Gasteiger partial charge on any atom is -0.469 e. The van der Waals surface area contributed by atoms with E-state index in [4.69, 9.17) is 4.42 Å². The van der Waals surface area contributed by atoms with Crippen LogP contribution in [-0.2, 0) is 19.0 Å². The van der Waals surface area contributed by atoms with E-state index in [2.05, 4.69) is 0 Å². The zero-order chi connectivity index (χ0) is 14.6. The van der Waals surface area contributed by atoms with Gasteiger partial charge in [0.2, 0.25) is 0 Å². The van der Waals surface area contributed by atoms with Gasteiger partial charge in [0.15, 0.2) is 0 Å². The van der Waals surface area contributed by atoms with Crippen molar-refractivity contribution in [2.75, 3.05) is 0 Å². The molecule has 2 aromatic rings. The number of benzene rings is 1. The molecule has 2 nitrogen and oxygen atoms in total. The van der Waals surface area contributed by atoms with E-state index in [1.807, 2.05) is 0 Å². The first-order valence-corrected chi connectivity index (χ1v) is 6.32. The summed E-state index contributed by atoms with van der Waals surface area (Å²) in [6, 6.07) is 8.61. The fraction of sp³-hybridized carbons (Fsp3) is 0.333. The molecular formula is C15H15F3O2. The van der Waals surface area contributed by atoms with Crippen LogP contribution in [0.5, 0.6) is 0 Å². The van der Waals surface area contributed by atoms with Gasteiger partial charge in [0, 0.05) is 6.42 Å².